The van der Waals surface area contributed by atoms with Crippen molar-refractivity contribution in [3.63, 3.8) is 0 Å². The van der Waals surface area contributed by atoms with Gasteiger partial charge in [0.2, 0.25) is 0 Å². The van der Waals surface area contributed by atoms with E-state index >= 15 is 0 Å². The first kappa shape index (κ1) is 24.8. The van der Waals surface area contributed by atoms with E-state index in [-0.39, 0.29) is 11.6 Å². The van der Waals surface area contributed by atoms with Crippen molar-refractivity contribution in [3.8, 4) is 5.75 Å². The lowest BCUT2D eigenvalue weighted by Gasteiger charge is -2.46. The highest BCUT2D eigenvalue weighted by atomic mass is 16.6. The lowest BCUT2D eigenvalue weighted by Crippen LogP contribution is -2.48. The van der Waals surface area contributed by atoms with Gasteiger partial charge in [-0.1, -0.05) is 85.5 Å². The van der Waals surface area contributed by atoms with Crippen LogP contribution in [0.1, 0.15) is 33.2 Å². The highest BCUT2D eigenvalue weighted by Crippen LogP contribution is 2.42. The summed E-state index contributed by atoms with van der Waals surface area (Å²) in [4.78, 5) is 29.1. The van der Waals surface area contributed by atoms with Crippen LogP contribution in [0.15, 0.2) is 116 Å². The van der Waals surface area contributed by atoms with Gasteiger partial charge in [0.15, 0.2) is 0 Å². The van der Waals surface area contributed by atoms with E-state index in [1.807, 2.05) is 84.9 Å². The van der Waals surface area contributed by atoms with Crippen LogP contribution in [0, 0.1) is 10.1 Å². The second-order valence-electron chi connectivity index (χ2n) is 9.04. The second kappa shape index (κ2) is 11.0. The maximum Gasteiger partial charge on any atom is 0.270 e. The van der Waals surface area contributed by atoms with Gasteiger partial charge in [-0.2, -0.15) is 0 Å². The fraction of sp³-hybridized carbons (Fsp3) is 0.129. The summed E-state index contributed by atoms with van der Waals surface area (Å²) in [5, 5.41) is 11.6. The van der Waals surface area contributed by atoms with Gasteiger partial charge in [-0.05, 0) is 34.9 Å². The standard InChI is InChI=1S/C31H27N3O4/c1-2-18-38-27-15-9-14-25(19-27)30-32(21-23-10-5-3-6-11-23)29-17-16-26(34(36)37)20-28(29)31(35)33(30)22-24-12-7-4-8-13-24/h2-17,19-20,30H,1,18,21-22H2/t30-/m0/s1. The van der Waals surface area contributed by atoms with Crippen molar-refractivity contribution in [2.24, 2.45) is 0 Å². The second-order valence-corrected chi connectivity index (χ2v) is 9.04. The summed E-state index contributed by atoms with van der Waals surface area (Å²) in [6.45, 7) is 4.91. The Kier molecular flexibility index (Phi) is 7.17. The number of non-ortho nitro benzene ring substituents is 1. The molecule has 7 heteroatoms. The first-order valence-corrected chi connectivity index (χ1v) is 12.3. The summed E-state index contributed by atoms with van der Waals surface area (Å²) in [7, 11) is 0. The van der Waals surface area contributed by atoms with Gasteiger partial charge in [-0.3, -0.25) is 14.9 Å². The molecule has 0 radical (unpaired) electrons. The Hall–Kier alpha value is -4.91. The van der Waals surface area contributed by atoms with Gasteiger partial charge in [0.1, 0.15) is 18.5 Å². The topological polar surface area (TPSA) is 75.9 Å². The smallest absolute Gasteiger partial charge is 0.270 e. The number of benzene rings is 4. The Morgan fingerprint density at radius 2 is 1.50 bits per heavy atom. The number of ether oxygens (including phenoxy) is 1. The van der Waals surface area contributed by atoms with Crippen molar-refractivity contribution in [2.75, 3.05) is 11.5 Å². The van der Waals surface area contributed by atoms with Gasteiger partial charge < -0.3 is 14.5 Å². The molecular formula is C31H27N3O4. The predicted octanol–water partition coefficient (Wildman–Crippen LogP) is 6.52. The zero-order chi connectivity index (χ0) is 26.5. The quantitative estimate of drug-likeness (QED) is 0.147. The van der Waals surface area contributed by atoms with E-state index in [1.165, 1.54) is 12.1 Å². The van der Waals surface area contributed by atoms with Crippen LogP contribution >= 0.6 is 0 Å². The molecular weight excluding hydrogens is 478 g/mol. The average molecular weight is 506 g/mol. The fourth-order valence-corrected chi connectivity index (χ4v) is 4.80. The maximum absolute atomic E-state index is 14.1. The molecule has 1 atom stereocenters. The number of nitro groups is 1. The summed E-state index contributed by atoms with van der Waals surface area (Å²) in [5.74, 6) is 0.406. The Morgan fingerprint density at radius 1 is 0.842 bits per heavy atom. The van der Waals surface area contributed by atoms with E-state index in [4.69, 9.17) is 4.74 Å². The number of hydrogen-bond donors (Lipinski definition) is 0. The number of rotatable bonds is 9. The lowest BCUT2D eigenvalue weighted by molar-refractivity contribution is -0.384. The van der Waals surface area contributed by atoms with Crippen molar-refractivity contribution < 1.29 is 14.5 Å². The fourth-order valence-electron chi connectivity index (χ4n) is 4.80. The normalized spacial score (nSPS) is 14.6. The average Bonchev–Trinajstić information content (AvgIpc) is 2.95. The molecule has 1 heterocycles. The number of hydrogen-bond acceptors (Lipinski definition) is 5. The highest BCUT2D eigenvalue weighted by Gasteiger charge is 2.39. The molecule has 0 aromatic heterocycles. The molecule has 5 rings (SSSR count). The van der Waals surface area contributed by atoms with E-state index in [1.54, 1.807) is 17.0 Å². The monoisotopic (exact) mass is 505 g/mol. The summed E-state index contributed by atoms with van der Waals surface area (Å²) in [6.07, 6.45) is 1.20. The Bertz CT molecular complexity index is 1460. The molecule has 0 spiro atoms. The van der Waals surface area contributed by atoms with Crippen molar-refractivity contribution in [1.29, 1.82) is 0 Å². The summed E-state index contributed by atoms with van der Waals surface area (Å²) in [6, 6.07) is 31.9. The molecule has 0 saturated heterocycles. The van der Waals surface area contributed by atoms with Crippen LogP contribution in [0.4, 0.5) is 11.4 Å². The largest absolute Gasteiger partial charge is 0.490 e. The van der Waals surface area contributed by atoms with Gasteiger partial charge in [0, 0.05) is 25.2 Å². The number of nitrogens with zero attached hydrogens (tertiary/aromatic N) is 3. The van der Waals surface area contributed by atoms with Gasteiger partial charge in [0.25, 0.3) is 11.6 Å². The molecule has 4 aromatic rings. The van der Waals surface area contributed by atoms with Crippen LogP contribution in [0.25, 0.3) is 0 Å². The van der Waals surface area contributed by atoms with Gasteiger partial charge in [0.05, 0.1) is 16.2 Å². The minimum absolute atomic E-state index is 0.116. The first-order chi connectivity index (χ1) is 18.5. The van der Waals surface area contributed by atoms with Crippen LogP contribution in [0.2, 0.25) is 0 Å². The Labute approximate surface area is 221 Å². The van der Waals surface area contributed by atoms with Crippen molar-refractivity contribution in [1.82, 2.24) is 4.90 Å². The van der Waals surface area contributed by atoms with Crippen LogP contribution < -0.4 is 9.64 Å². The number of anilines is 1. The Balaban J connectivity index is 1.68. The molecule has 38 heavy (non-hydrogen) atoms. The Morgan fingerprint density at radius 3 is 2.13 bits per heavy atom. The van der Waals surface area contributed by atoms with E-state index in [0.29, 0.717) is 36.7 Å². The molecule has 0 fully saturated rings. The maximum atomic E-state index is 14.1. The van der Waals surface area contributed by atoms with Gasteiger partial charge in [-0.25, -0.2) is 0 Å². The van der Waals surface area contributed by atoms with Crippen molar-refractivity contribution in [3.05, 3.63) is 148 Å². The molecule has 0 aliphatic carbocycles. The van der Waals surface area contributed by atoms with E-state index in [2.05, 4.69) is 11.5 Å². The van der Waals surface area contributed by atoms with Crippen LogP contribution in [-0.4, -0.2) is 22.3 Å². The van der Waals surface area contributed by atoms with Crippen LogP contribution in [-0.2, 0) is 13.1 Å². The zero-order valence-corrected chi connectivity index (χ0v) is 20.8. The minimum atomic E-state index is -0.482. The summed E-state index contributed by atoms with van der Waals surface area (Å²) in [5.41, 5.74) is 3.72. The van der Waals surface area contributed by atoms with Crippen molar-refractivity contribution in [2.45, 2.75) is 19.3 Å². The van der Waals surface area contributed by atoms with Crippen LogP contribution in [0.5, 0.6) is 5.75 Å². The third kappa shape index (κ3) is 5.13. The molecule has 0 N–H and O–H groups in total. The van der Waals surface area contributed by atoms with E-state index in [9.17, 15) is 14.9 Å². The summed E-state index contributed by atoms with van der Waals surface area (Å²) < 4.78 is 5.82. The van der Waals surface area contributed by atoms with E-state index < -0.39 is 11.1 Å². The number of carbonyl (C=O) groups is 1. The highest BCUT2D eigenvalue weighted by molar-refractivity contribution is 6.02. The van der Waals surface area contributed by atoms with Gasteiger partial charge in [-0.15, -0.1) is 0 Å². The molecule has 0 unspecified atom stereocenters. The molecule has 7 nitrogen and oxygen atoms in total. The SMILES string of the molecule is C=CCOc1cccc([C@@H]2N(Cc3ccccc3)C(=O)c3cc([N+](=O)[O-])ccc3N2Cc2ccccc2)c1. The van der Waals surface area contributed by atoms with E-state index in [0.717, 1.165) is 16.7 Å². The lowest BCUT2D eigenvalue weighted by atomic mass is 9.98. The third-order valence-electron chi connectivity index (χ3n) is 6.50. The van der Waals surface area contributed by atoms with Crippen LogP contribution in [0.3, 0.4) is 0 Å². The number of fused-ring (bicyclic) bond motifs is 1. The third-order valence-corrected chi connectivity index (χ3v) is 6.50. The number of carbonyl (C=O) groups excluding carboxylic acids is 1. The molecule has 0 bridgehead atoms. The molecule has 4 aromatic carbocycles. The zero-order valence-electron chi connectivity index (χ0n) is 20.8. The molecule has 1 aliphatic rings. The van der Waals surface area contributed by atoms with Crippen molar-refractivity contribution >= 4 is 17.3 Å². The first-order valence-electron chi connectivity index (χ1n) is 12.3. The summed E-state index contributed by atoms with van der Waals surface area (Å²) >= 11 is 0. The molecule has 1 aliphatic heterocycles. The predicted molar refractivity (Wildman–Crippen MR) is 147 cm³/mol. The number of amides is 1. The molecule has 190 valence electrons. The molecule has 0 saturated carbocycles. The molecule has 1 amide bonds. The minimum Gasteiger partial charge on any atom is -0.490 e. The number of nitro benzene ring substituents is 1. The van der Waals surface area contributed by atoms with Gasteiger partial charge >= 0.3 is 0 Å².